The SMILES string of the molecule is Cc1ccncc1C(=O)N[C@H]1CCOC1. The van der Waals surface area contributed by atoms with Crippen molar-refractivity contribution in [2.24, 2.45) is 0 Å². The van der Waals surface area contributed by atoms with E-state index in [-0.39, 0.29) is 11.9 Å². The Kier molecular flexibility index (Phi) is 2.97. The molecule has 15 heavy (non-hydrogen) atoms. The van der Waals surface area contributed by atoms with Crippen molar-refractivity contribution in [2.45, 2.75) is 19.4 Å². The Hall–Kier alpha value is -1.42. The van der Waals surface area contributed by atoms with Crippen LogP contribution in [0.1, 0.15) is 22.3 Å². The Morgan fingerprint density at radius 3 is 3.20 bits per heavy atom. The van der Waals surface area contributed by atoms with Crippen LogP contribution < -0.4 is 5.32 Å². The summed E-state index contributed by atoms with van der Waals surface area (Å²) in [6.45, 7) is 3.25. The molecule has 0 aliphatic carbocycles. The van der Waals surface area contributed by atoms with E-state index < -0.39 is 0 Å². The maximum atomic E-state index is 11.8. The van der Waals surface area contributed by atoms with Crippen molar-refractivity contribution in [1.82, 2.24) is 10.3 Å². The third-order valence-corrected chi connectivity index (χ3v) is 2.55. The monoisotopic (exact) mass is 206 g/mol. The van der Waals surface area contributed by atoms with E-state index in [1.54, 1.807) is 12.4 Å². The number of amides is 1. The first-order chi connectivity index (χ1) is 7.27. The number of hydrogen-bond donors (Lipinski definition) is 1. The average Bonchev–Trinajstić information content (AvgIpc) is 2.71. The highest BCUT2D eigenvalue weighted by molar-refractivity contribution is 5.95. The third kappa shape index (κ3) is 2.33. The predicted molar refractivity (Wildman–Crippen MR) is 55.7 cm³/mol. The molecule has 1 aliphatic heterocycles. The lowest BCUT2D eigenvalue weighted by molar-refractivity contribution is 0.0929. The van der Waals surface area contributed by atoms with E-state index in [1.165, 1.54) is 0 Å². The zero-order chi connectivity index (χ0) is 10.7. The molecule has 2 heterocycles. The van der Waals surface area contributed by atoms with Gasteiger partial charge in [0.05, 0.1) is 18.2 Å². The highest BCUT2D eigenvalue weighted by Gasteiger charge is 2.19. The van der Waals surface area contributed by atoms with Crippen LogP contribution in [0.25, 0.3) is 0 Å². The average molecular weight is 206 g/mol. The fraction of sp³-hybridized carbons (Fsp3) is 0.455. The van der Waals surface area contributed by atoms with Gasteiger partial charge in [-0.1, -0.05) is 0 Å². The lowest BCUT2D eigenvalue weighted by Crippen LogP contribution is -2.35. The molecule has 1 N–H and O–H groups in total. The van der Waals surface area contributed by atoms with Crippen molar-refractivity contribution >= 4 is 5.91 Å². The van der Waals surface area contributed by atoms with Crippen molar-refractivity contribution in [3.8, 4) is 0 Å². The van der Waals surface area contributed by atoms with Gasteiger partial charge < -0.3 is 10.1 Å². The summed E-state index contributed by atoms with van der Waals surface area (Å²) in [7, 11) is 0. The van der Waals surface area contributed by atoms with Crippen LogP contribution in [-0.4, -0.2) is 30.1 Å². The smallest absolute Gasteiger partial charge is 0.253 e. The number of pyridine rings is 1. The molecule has 0 radical (unpaired) electrons. The largest absolute Gasteiger partial charge is 0.379 e. The summed E-state index contributed by atoms with van der Waals surface area (Å²) < 4.78 is 5.19. The third-order valence-electron chi connectivity index (χ3n) is 2.55. The molecular weight excluding hydrogens is 192 g/mol. The zero-order valence-corrected chi connectivity index (χ0v) is 8.69. The van der Waals surface area contributed by atoms with Gasteiger partial charge in [0.2, 0.25) is 0 Å². The fourth-order valence-corrected chi connectivity index (χ4v) is 1.61. The molecular formula is C11H14N2O2. The van der Waals surface area contributed by atoms with E-state index in [1.807, 2.05) is 13.0 Å². The number of aryl methyl sites for hydroxylation is 1. The standard InChI is InChI=1S/C11H14N2O2/c1-8-2-4-12-6-10(8)11(14)13-9-3-5-15-7-9/h2,4,6,9H,3,5,7H2,1H3,(H,13,14)/t9-/m0/s1. The molecule has 0 unspecified atom stereocenters. The summed E-state index contributed by atoms with van der Waals surface area (Å²) in [6.07, 6.45) is 4.18. The van der Waals surface area contributed by atoms with Gasteiger partial charge in [0.15, 0.2) is 0 Å². The number of carbonyl (C=O) groups is 1. The molecule has 1 amide bonds. The number of nitrogens with one attached hydrogen (secondary N) is 1. The molecule has 80 valence electrons. The first-order valence-corrected chi connectivity index (χ1v) is 5.06. The summed E-state index contributed by atoms with van der Waals surface area (Å²) in [5, 5.41) is 2.93. The molecule has 1 aliphatic rings. The first-order valence-electron chi connectivity index (χ1n) is 5.06. The van der Waals surface area contributed by atoms with Crippen LogP contribution in [0.4, 0.5) is 0 Å². The van der Waals surface area contributed by atoms with Gasteiger partial charge in [-0.2, -0.15) is 0 Å². The molecule has 1 atom stereocenters. The number of aromatic nitrogens is 1. The summed E-state index contributed by atoms with van der Waals surface area (Å²) in [5.41, 5.74) is 1.59. The van der Waals surface area contributed by atoms with E-state index >= 15 is 0 Å². The quantitative estimate of drug-likeness (QED) is 0.782. The van der Waals surface area contributed by atoms with E-state index in [2.05, 4.69) is 10.3 Å². The van der Waals surface area contributed by atoms with E-state index in [0.717, 1.165) is 18.6 Å². The lowest BCUT2D eigenvalue weighted by Gasteiger charge is -2.11. The lowest BCUT2D eigenvalue weighted by atomic mass is 10.1. The molecule has 4 nitrogen and oxygen atoms in total. The summed E-state index contributed by atoms with van der Waals surface area (Å²) >= 11 is 0. The van der Waals surface area contributed by atoms with E-state index in [9.17, 15) is 4.79 Å². The maximum absolute atomic E-state index is 11.8. The summed E-state index contributed by atoms with van der Waals surface area (Å²) in [4.78, 5) is 15.8. The topological polar surface area (TPSA) is 51.2 Å². The Labute approximate surface area is 88.7 Å². The van der Waals surface area contributed by atoms with Crippen LogP contribution in [-0.2, 0) is 4.74 Å². The Bertz CT molecular complexity index is 359. The van der Waals surface area contributed by atoms with Gasteiger partial charge in [-0.15, -0.1) is 0 Å². The van der Waals surface area contributed by atoms with Crippen molar-refractivity contribution in [3.05, 3.63) is 29.6 Å². The molecule has 1 fully saturated rings. The summed E-state index contributed by atoms with van der Waals surface area (Å²) in [6, 6.07) is 1.98. The second-order valence-electron chi connectivity index (χ2n) is 3.72. The normalized spacial score (nSPS) is 20.2. The van der Waals surface area contributed by atoms with Crippen molar-refractivity contribution < 1.29 is 9.53 Å². The molecule has 1 aromatic rings. The summed E-state index contributed by atoms with van der Waals surface area (Å²) in [5.74, 6) is -0.0592. The number of ether oxygens (including phenoxy) is 1. The second kappa shape index (κ2) is 4.40. The predicted octanol–water partition coefficient (Wildman–Crippen LogP) is 0.909. The molecule has 0 bridgehead atoms. The maximum Gasteiger partial charge on any atom is 0.253 e. The first kappa shape index (κ1) is 10.1. The van der Waals surface area contributed by atoms with Crippen LogP contribution in [0.5, 0.6) is 0 Å². The molecule has 0 saturated carbocycles. The number of hydrogen-bond acceptors (Lipinski definition) is 3. The van der Waals surface area contributed by atoms with Gasteiger partial charge in [-0.25, -0.2) is 0 Å². The zero-order valence-electron chi connectivity index (χ0n) is 8.69. The molecule has 0 spiro atoms. The number of rotatable bonds is 2. The van der Waals surface area contributed by atoms with Gasteiger partial charge in [-0.3, -0.25) is 9.78 Å². The Morgan fingerprint density at radius 2 is 2.53 bits per heavy atom. The number of nitrogens with zero attached hydrogens (tertiary/aromatic N) is 1. The van der Waals surface area contributed by atoms with Crippen LogP contribution >= 0.6 is 0 Å². The van der Waals surface area contributed by atoms with Crippen LogP contribution in [0.2, 0.25) is 0 Å². The van der Waals surface area contributed by atoms with E-state index in [4.69, 9.17) is 4.74 Å². The van der Waals surface area contributed by atoms with Crippen LogP contribution in [0, 0.1) is 6.92 Å². The minimum atomic E-state index is -0.0592. The van der Waals surface area contributed by atoms with Gasteiger partial charge in [-0.05, 0) is 25.0 Å². The number of carbonyl (C=O) groups excluding carboxylic acids is 1. The van der Waals surface area contributed by atoms with E-state index in [0.29, 0.717) is 12.2 Å². The van der Waals surface area contributed by atoms with Crippen LogP contribution in [0.15, 0.2) is 18.5 Å². The minimum Gasteiger partial charge on any atom is -0.379 e. The molecule has 1 saturated heterocycles. The molecule has 0 aromatic carbocycles. The van der Waals surface area contributed by atoms with Crippen molar-refractivity contribution in [2.75, 3.05) is 13.2 Å². The molecule has 1 aromatic heterocycles. The highest BCUT2D eigenvalue weighted by Crippen LogP contribution is 2.08. The Balaban J connectivity index is 2.04. The highest BCUT2D eigenvalue weighted by atomic mass is 16.5. The molecule has 2 rings (SSSR count). The minimum absolute atomic E-state index is 0.0592. The van der Waals surface area contributed by atoms with Crippen molar-refractivity contribution in [3.63, 3.8) is 0 Å². The van der Waals surface area contributed by atoms with Crippen LogP contribution in [0.3, 0.4) is 0 Å². The fourth-order valence-electron chi connectivity index (χ4n) is 1.61. The second-order valence-corrected chi connectivity index (χ2v) is 3.72. The molecule has 4 heteroatoms. The Morgan fingerprint density at radius 1 is 1.67 bits per heavy atom. The van der Waals surface area contributed by atoms with Gasteiger partial charge in [0.25, 0.3) is 5.91 Å². The van der Waals surface area contributed by atoms with Gasteiger partial charge in [0, 0.05) is 19.0 Å². The van der Waals surface area contributed by atoms with Gasteiger partial charge in [0.1, 0.15) is 0 Å². The van der Waals surface area contributed by atoms with Gasteiger partial charge >= 0.3 is 0 Å². The van der Waals surface area contributed by atoms with Crippen molar-refractivity contribution in [1.29, 1.82) is 0 Å².